The summed E-state index contributed by atoms with van der Waals surface area (Å²) in [6, 6.07) is 0.546. The third-order valence-electron chi connectivity index (χ3n) is 1.74. The van der Waals surface area contributed by atoms with E-state index in [2.05, 4.69) is 25.7 Å². The largest absolute Gasteiger partial charge is 0.392 e. The zero-order chi connectivity index (χ0) is 8.85. The minimum atomic E-state index is -0.205. The standard InChI is InChI=1S/C9H21NO/c1-5-6-10(8(2)3)7-9(4)11/h8-9,11H,5-7H2,1-4H3/t9-/m0/s1. The smallest absolute Gasteiger partial charge is 0.0639 e. The van der Waals surface area contributed by atoms with Crippen LogP contribution in [0.15, 0.2) is 0 Å². The first kappa shape index (κ1) is 10.9. The fourth-order valence-corrected chi connectivity index (χ4v) is 1.19. The van der Waals surface area contributed by atoms with Gasteiger partial charge in [0, 0.05) is 12.6 Å². The lowest BCUT2D eigenvalue weighted by molar-refractivity contribution is 0.108. The quantitative estimate of drug-likeness (QED) is 0.657. The molecule has 0 saturated carbocycles. The summed E-state index contributed by atoms with van der Waals surface area (Å²) in [6.45, 7) is 10.2. The van der Waals surface area contributed by atoms with E-state index in [1.807, 2.05) is 6.92 Å². The molecule has 2 nitrogen and oxygen atoms in total. The van der Waals surface area contributed by atoms with Crippen molar-refractivity contribution < 1.29 is 5.11 Å². The minimum Gasteiger partial charge on any atom is -0.392 e. The van der Waals surface area contributed by atoms with Crippen molar-refractivity contribution in [2.75, 3.05) is 13.1 Å². The topological polar surface area (TPSA) is 23.5 Å². The van der Waals surface area contributed by atoms with Gasteiger partial charge in [-0.25, -0.2) is 0 Å². The maximum atomic E-state index is 9.16. The van der Waals surface area contributed by atoms with Gasteiger partial charge >= 0.3 is 0 Å². The summed E-state index contributed by atoms with van der Waals surface area (Å²) in [6.07, 6.45) is 0.953. The summed E-state index contributed by atoms with van der Waals surface area (Å²) < 4.78 is 0. The molecule has 0 amide bonds. The van der Waals surface area contributed by atoms with Gasteiger partial charge < -0.3 is 5.11 Å². The molecule has 0 aromatic carbocycles. The monoisotopic (exact) mass is 159 g/mol. The van der Waals surface area contributed by atoms with Crippen LogP contribution in [-0.4, -0.2) is 35.2 Å². The Morgan fingerprint density at radius 1 is 1.27 bits per heavy atom. The zero-order valence-electron chi connectivity index (χ0n) is 8.17. The second kappa shape index (κ2) is 5.56. The first-order chi connectivity index (χ1) is 5.07. The fraction of sp³-hybridized carbons (Fsp3) is 1.00. The van der Waals surface area contributed by atoms with Crippen LogP contribution >= 0.6 is 0 Å². The van der Waals surface area contributed by atoms with Crippen molar-refractivity contribution in [2.45, 2.75) is 46.3 Å². The van der Waals surface area contributed by atoms with E-state index < -0.39 is 0 Å². The number of nitrogens with zero attached hydrogens (tertiary/aromatic N) is 1. The summed E-state index contributed by atoms with van der Waals surface area (Å²) in [5.74, 6) is 0. The molecule has 0 rings (SSSR count). The Labute approximate surface area is 70.2 Å². The summed E-state index contributed by atoms with van der Waals surface area (Å²) in [5, 5.41) is 9.16. The predicted molar refractivity (Wildman–Crippen MR) is 48.7 cm³/mol. The van der Waals surface area contributed by atoms with E-state index >= 15 is 0 Å². The van der Waals surface area contributed by atoms with Crippen molar-refractivity contribution in [1.82, 2.24) is 4.90 Å². The Balaban J connectivity index is 3.69. The Hall–Kier alpha value is -0.0800. The summed E-state index contributed by atoms with van der Waals surface area (Å²) in [5.41, 5.74) is 0. The van der Waals surface area contributed by atoms with E-state index in [1.54, 1.807) is 0 Å². The van der Waals surface area contributed by atoms with Gasteiger partial charge in [-0.3, -0.25) is 4.90 Å². The number of rotatable bonds is 5. The van der Waals surface area contributed by atoms with E-state index in [0.29, 0.717) is 6.04 Å². The van der Waals surface area contributed by atoms with Crippen molar-refractivity contribution >= 4 is 0 Å². The number of hydrogen-bond acceptors (Lipinski definition) is 2. The second-order valence-electron chi connectivity index (χ2n) is 3.44. The van der Waals surface area contributed by atoms with Gasteiger partial charge in [0.25, 0.3) is 0 Å². The molecule has 11 heavy (non-hydrogen) atoms. The lowest BCUT2D eigenvalue weighted by atomic mass is 10.2. The molecular formula is C9H21NO. The van der Waals surface area contributed by atoms with Gasteiger partial charge in [0.15, 0.2) is 0 Å². The molecule has 0 saturated heterocycles. The van der Waals surface area contributed by atoms with Crippen molar-refractivity contribution in [1.29, 1.82) is 0 Å². The van der Waals surface area contributed by atoms with Crippen LogP contribution in [0.25, 0.3) is 0 Å². The molecule has 0 aliphatic carbocycles. The molecule has 68 valence electrons. The summed E-state index contributed by atoms with van der Waals surface area (Å²) >= 11 is 0. The van der Waals surface area contributed by atoms with Gasteiger partial charge in [-0.15, -0.1) is 0 Å². The molecule has 0 unspecified atom stereocenters. The van der Waals surface area contributed by atoms with E-state index in [9.17, 15) is 0 Å². The van der Waals surface area contributed by atoms with Crippen molar-refractivity contribution in [3.63, 3.8) is 0 Å². The predicted octanol–water partition coefficient (Wildman–Crippen LogP) is 1.49. The molecule has 1 atom stereocenters. The fourth-order valence-electron chi connectivity index (χ4n) is 1.19. The molecule has 0 heterocycles. The molecular weight excluding hydrogens is 138 g/mol. The lowest BCUT2D eigenvalue weighted by Gasteiger charge is -2.26. The highest BCUT2D eigenvalue weighted by Gasteiger charge is 2.09. The Kier molecular flexibility index (Phi) is 5.51. The summed E-state index contributed by atoms with van der Waals surface area (Å²) in [4.78, 5) is 2.30. The highest BCUT2D eigenvalue weighted by Crippen LogP contribution is 2.00. The average Bonchev–Trinajstić information content (AvgIpc) is 1.86. The molecule has 0 aromatic heterocycles. The number of aliphatic hydroxyl groups excluding tert-OH is 1. The third-order valence-corrected chi connectivity index (χ3v) is 1.74. The van der Waals surface area contributed by atoms with E-state index in [0.717, 1.165) is 19.5 Å². The normalized spacial score (nSPS) is 14.5. The van der Waals surface area contributed by atoms with Gasteiger partial charge in [-0.1, -0.05) is 6.92 Å². The van der Waals surface area contributed by atoms with E-state index in [1.165, 1.54) is 0 Å². The summed E-state index contributed by atoms with van der Waals surface area (Å²) in [7, 11) is 0. The number of aliphatic hydroxyl groups is 1. The van der Waals surface area contributed by atoms with Crippen LogP contribution in [0.4, 0.5) is 0 Å². The van der Waals surface area contributed by atoms with Crippen LogP contribution in [0.5, 0.6) is 0 Å². The molecule has 0 bridgehead atoms. The van der Waals surface area contributed by atoms with Crippen LogP contribution in [-0.2, 0) is 0 Å². The molecule has 0 spiro atoms. The van der Waals surface area contributed by atoms with Crippen molar-refractivity contribution in [2.24, 2.45) is 0 Å². The maximum absolute atomic E-state index is 9.16. The second-order valence-corrected chi connectivity index (χ2v) is 3.44. The van der Waals surface area contributed by atoms with Crippen LogP contribution < -0.4 is 0 Å². The van der Waals surface area contributed by atoms with Gasteiger partial charge in [0.2, 0.25) is 0 Å². The van der Waals surface area contributed by atoms with Crippen LogP contribution in [0, 0.1) is 0 Å². The van der Waals surface area contributed by atoms with Crippen molar-refractivity contribution in [3.05, 3.63) is 0 Å². The molecule has 2 heteroatoms. The Morgan fingerprint density at radius 3 is 2.09 bits per heavy atom. The molecule has 0 aromatic rings. The molecule has 0 fully saturated rings. The first-order valence-electron chi connectivity index (χ1n) is 4.50. The minimum absolute atomic E-state index is 0.205. The maximum Gasteiger partial charge on any atom is 0.0639 e. The Morgan fingerprint density at radius 2 is 1.82 bits per heavy atom. The van der Waals surface area contributed by atoms with E-state index in [-0.39, 0.29) is 6.10 Å². The van der Waals surface area contributed by atoms with Crippen molar-refractivity contribution in [3.8, 4) is 0 Å². The molecule has 1 N–H and O–H groups in total. The lowest BCUT2D eigenvalue weighted by Crippen LogP contribution is -2.37. The van der Waals surface area contributed by atoms with Gasteiger partial charge in [-0.05, 0) is 33.7 Å². The molecule has 0 radical (unpaired) electrons. The zero-order valence-corrected chi connectivity index (χ0v) is 8.17. The van der Waals surface area contributed by atoms with Gasteiger partial charge in [0.1, 0.15) is 0 Å². The SMILES string of the molecule is CCCN(C[C@H](C)O)C(C)C. The van der Waals surface area contributed by atoms with Gasteiger partial charge in [-0.2, -0.15) is 0 Å². The van der Waals surface area contributed by atoms with Crippen LogP contribution in [0.1, 0.15) is 34.1 Å². The average molecular weight is 159 g/mol. The van der Waals surface area contributed by atoms with E-state index in [4.69, 9.17) is 5.11 Å². The highest BCUT2D eigenvalue weighted by atomic mass is 16.3. The third kappa shape index (κ3) is 5.22. The molecule has 0 aliphatic rings. The first-order valence-corrected chi connectivity index (χ1v) is 4.50. The van der Waals surface area contributed by atoms with Crippen LogP contribution in [0.2, 0.25) is 0 Å². The van der Waals surface area contributed by atoms with Gasteiger partial charge in [0.05, 0.1) is 6.10 Å². The highest BCUT2D eigenvalue weighted by molar-refractivity contribution is 4.64. The number of hydrogen-bond donors (Lipinski definition) is 1. The Bertz CT molecular complexity index is 91.6. The molecule has 0 aliphatic heterocycles. The van der Waals surface area contributed by atoms with Crippen LogP contribution in [0.3, 0.4) is 0 Å².